The Morgan fingerprint density at radius 3 is 1.88 bits per heavy atom. The van der Waals surface area contributed by atoms with Crippen molar-refractivity contribution in [1.82, 2.24) is 4.98 Å². The molecule has 14 heteroatoms. The van der Waals surface area contributed by atoms with Gasteiger partial charge in [0.1, 0.15) is 6.16 Å². The quantitative estimate of drug-likeness (QED) is 0.0770. The molecule has 1 atom stereocenters. The minimum Gasteiger partial charge on any atom is -0.378 e. The van der Waals surface area contributed by atoms with E-state index in [1.54, 1.807) is 0 Å². The van der Waals surface area contributed by atoms with Crippen LogP contribution < -0.4 is 10.6 Å². The number of halogens is 7. The zero-order chi connectivity index (χ0) is 30.4. The average Bonchev–Trinajstić information content (AvgIpc) is 2.92. The Hall–Kier alpha value is -3.24. The zero-order valence-corrected chi connectivity index (χ0v) is 24.9. The molecule has 0 bridgehead atoms. The van der Waals surface area contributed by atoms with Crippen LogP contribution in [-0.4, -0.2) is 33.0 Å². The van der Waals surface area contributed by atoms with E-state index in [1.807, 2.05) is 66.7 Å². The first kappa shape index (κ1) is 35.0. The van der Waals surface area contributed by atoms with Crippen molar-refractivity contribution in [3.63, 3.8) is 0 Å². The predicted octanol–water partition coefficient (Wildman–Crippen LogP) is 6.78. The van der Waals surface area contributed by atoms with E-state index in [4.69, 9.17) is 0 Å². The van der Waals surface area contributed by atoms with Crippen LogP contribution in [0.15, 0.2) is 91.1 Å². The third-order valence-corrected chi connectivity index (χ3v) is 8.89. The monoisotopic (exact) mass is 791 g/mol. The first-order chi connectivity index (χ1) is 19.1. The van der Waals surface area contributed by atoms with Gasteiger partial charge in [0, 0.05) is 38.2 Å². The molecular formula is C28H22F7IrN2O3P. The Morgan fingerprint density at radius 1 is 0.905 bits per heavy atom. The Bertz CT molecular complexity index is 1430. The molecule has 0 saturated carbocycles. The summed E-state index contributed by atoms with van der Waals surface area (Å²) in [6, 6.07) is 23.2. The van der Waals surface area contributed by atoms with E-state index in [1.165, 1.54) is 0 Å². The van der Waals surface area contributed by atoms with Gasteiger partial charge in [0.25, 0.3) is 5.69 Å². The first-order valence-corrected chi connectivity index (χ1v) is 13.5. The van der Waals surface area contributed by atoms with Gasteiger partial charge >= 0.3 is 12.4 Å². The van der Waals surface area contributed by atoms with Crippen LogP contribution in [0.5, 0.6) is 0 Å². The fourth-order valence-corrected chi connectivity index (χ4v) is 6.41. The average molecular weight is 791 g/mol. The summed E-state index contributed by atoms with van der Waals surface area (Å²) in [7, 11) is -1.71. The Labute approximate surface area is 250 Å². The molecule has 1 radical (unpaired) electrons. The number of nitrogens with zero attached hydrogens (tertiary/aromatic N) is 2. The topological polar surface area (TPSA) is 76.3 Å². The van der Waals surface area contributed by atoms with Gasteiger partial charge in [0.15, 0.2) is 5.60 Å². The smallest absolute Gasteiger partial charge is 0.378 e. The third-order valence-electron chi connectivity index (χ3n) is 5.79. The fraction of sp³-hybridized carbons (Fsp3) is 0.179. The number of aromatic nitrogens is 1. The first-order valence-electron chi connectivity index (χ1n) is 11.8. The largest absolute Gasteiger partial charge is 0.420 e. The Morgan fingerprint density at radius 2 is 1.43 bits per heavy atom. The van der Waals surface area contributed by atoms with Crippen LogP contribution in [0.25, 0.3) is 11.3 Å². The number of benzene rings is 3. The van der Waals surface area contributed by atoms with E-state index >= 15 is 0 Å². The van der Waals surface area contributed by atoms with Crippen LogP contribution in [0.3, 0.4) is 0 Å². The van der Waals surface area contributed by atoms with Crippen molar-refractivity contribution in [2.45, 2.75) is 24.9 Å². The normalized spacial score (nSPS) is 12.9. The molecule has 5 nitrogen and oxygen atoms in total. The summed E-state index contributed by atoms with van der Waals surface area (Å²) >= 11 is 0. The van der Waals surface area contributed by atoms with Crippen LogP contribution in [0, 0.1) is 22.0 Å². The maximum Gasteiger partial charge on any atom is 0.420 e. The van der Waals surface area contributed by atoms with Crippen molar-refractivity contribution in [1.29, 1.82) is 0 Å². The second kappa shape index (κ2) is 14.3. The number of nitro groups is 1. The fourth-order valence-electron chi connectivity index (χ4n) is 3.59. The molecule has 1 aromatic heterocycles. The molecule has 0 aliphatic rings. The van der Waals surface area contributed by atoms with E-state index in [0.717, 1.165) is 35.9 Å². The molecule has 4 rings (SSSR count). The van der Waals surface area contributed by atoms with E-state index in [-0.39, 0.29) is 32.0 Å². The molecule has 1 N–H and O–H groups in total. The maximum absolute atomic E-state index is 13.6. The van der Waals surface area contributed by atoms with Crippen molar-refractivity contribution in [3.05, 3.63) is 119 Å². The molecule has 0 aliphatic carbocycles. The summed E-state index contributed by atoms with van der Waals surface area (Å²) in [6.45, 7) is 0.851. The number of aliphatic hydroxyl groups is 1. The van der Waals surface area contributed by atoms with Gasteiger partial charge in [-0.3, -0.25) is 14.5 Å². The van der Waals surface area contributed by atoms with Crippen molar-refractivity contribution in [2.75, 3.05) is 6.16 Å². The molecule has 0 amide bonds. The third kappa shape index (κ3) is 9.13. The number of hydrogen-bond donors (Lipinski definition) is 1. The summed E-state index contributed by atoms with van der Waals surface area (Å²) in [5.74, 6) is -0.994. The van der Waals surface area contributed by atoms with Gasteiger partial charge in [0.05, 0.1) is 23.5 Å². The molecule has 0 spiro atoms. The van der Waals surface area contributed by atoms with Crippen LogP contribution in [-0.2, 0) is 26.3 Å². The molecule has 42 heavy (non-hydrogen) atoms. The van der Waals surface area contributed by atoms with E-state index in [9.17, 15) is 46.0 Å². The maximum atomic E-state index is 13.6. The molecular weight excluding hydrogens is 768 g/mol. The van der Waals surface area contributed by atoms with Gasteiger partial charge in [-0.1, -0.05) is 42.0 Å². The minimum atomic E-state index is -4.69. The summed E-state index contributed by atoms with van der Waals surface area (Å²) < 4.78 is 90.2. The van der Waals surface area contributed by atoms with E-state index in [2.05, 4.69) is 4.98 Å². The molecule has 1 heterocycles. The van der Waals surface area contributed by atoms with Crippen molar-refractivity contribution >= 4 is 24.2 Å². The molecule has 0 fully saturated rings. The van der Waals surface area contributed by atoms with Gasteiger partial charge < -0.3 is 10.1 Å². The summed E-state index contributed by atoms with van der Waals surface area (Å²) in [5.41, 5.74) is -5.12. The van der Waals surface area contributed by atoms with Crippen molar-refractivity contribution in [3.8, 4) is 11.3 Å². The van der Waals surface area contributed by atoms with Crippen molar-refractivity contribution < 1.29 is 60.9 Å². The number of hydrogen-bond acceptors (Lipinski definition) is 4. The van der Waals surface area contributed by atoms with Gasteiger partial charge in [-0.2, -0.15) is 26.3 Å². The van der Waals surface area contributed by atoms with Gasteiger partial charge in [-0.05, 0) is 48.5 Å². The SMILES string of the molecule is CC(O)(C[PH+](c1ccccc1)c1ccccc1)C(F)(F)F.O=[N+]([O-])c1ccnc(-c2[c-]c(C(F)(F)F)ccc2F)c1.[Ir]. The predicted molar refractivity (Wildman–Crippen MR) is 142 cm³/mol. The Balaban J connectivity index is 0.000000287. The van der Waals surface area contributed by atoms with E-state index < -0.39 is 53.4 Å². The number of rotatable bonds is 6. The molecule has 1 unspecified atom stereocenters. The van der Waals surface area contributed by atoms with Gasteiger partial charge in [0.2, 0.25) is 0 Å². The molecule has 4 aromatic rings. The molecule has 225 valence electrons. The number of alkyl halides is 6. The van der Waals surface area contributed by atoms with Crippen molar-refractivity contribution in [2.24, 2.45) is 0 Å². The number of pyridine rings is 1. The second-order valence-corrected chi connectivity index (χ2v) is 11.4. The van der Waals surface area contributed by atoms with E-state index in [0.29, 0.717) is 12.1 Å². The van der Waals surface area contributed by atoms with Gasteiger partial charge in [-0.15, -0.1) is 18.2 Å². The van der Waals surface area contributed by atoms with Crippen LogP contribution in [0.2, 0.25) is 0 Å². The zero-order valence-electron chi connectivity index (χ0n) is 21.5. The summed E-state index contributed by atoms with van der Waals surface area (Å²) in [5, 5.41) is 22.2. The summed E-state index contributed by atoms with van der Waals surface area (Å²) in [4.78, 5) is 13.5. The second-order valence-electron chi connectivity index (χ2n) is 8.91. The standard InChI is InChI=1S/C16H16F3OP.C12H5F4N2O2.Ir/c1-15(20,16(17,18)19)12-21(13-8-4-2-5-9-13)14-10-6-3-7-11-14;13-10-2-1-7(12(14,15)16)5-9(10)11-6-8(18(19)20)3-4-17-11;/h2-11,20H,12H2,1H3;1-4,6H;/q;-1;/p+1. The Kier molecular flexibility index (Phi) is 11.9. The van der Waals surface area contributed by atoms with Crippen LogP contribution in [0.4, 0.5) is 36.4 Å². The molecule has 0 saturated heterocycles. The molecule has 3 aromatic carbocycles. The minimum absolute atomic E-state index is 0. The summed E-state index contributed by atoms with van der Waals surface area (Å²) in [6.07, 6.45) is -8.62. The van der Waals surface area contributed by atoms with Gasteiger partial charge in [-0.25, -0.2) is 0 Å². The molecule has 0 aliphatic heterocycles. The van der Waals surface area contributed by atoms with Crippen LogP contribution in [0.1, 0.15) is 12.5 Å². The van der Waals surface area contributed by atoms with Crippen LogP contribution >= 0.6 is 7.92 Å².